The number of halogens is 2. The molecule has 0 aromatic carbocycles. The highest BCUT2D eigenvalue weighted by Gasteiger charge is 2.54. The Morgan fingerprint density at radius 3 is 2.70 bits per heavy atom. The summed E-state index contributed by atoms with van der Waals surface area (Å²) in [6.45, 7) is 2.50. The third-order valence-corrected chi connectivity index (χ3v) is 4.58. The van der Waals surface area contributed by atoms with Crippen LogP contribution in [0.15, 0.2) is 17.3 Å². The molecule has 0 amide bonds. The molecule has 1 saturated carbocycles. The number of anilines is 3. The first-order valence-corrected chi connectivity index (χ1v) is 8.18. The molecule has 0 atom stereocenters. The molecule has 2 aliphatic rings. The number of aryl methyl sites for hydroxylation is 1. The van der Waals surface area contributed by atoms with Crippen molar-refractivity contribution in [2.75, 3.05) is 23.3 Å². The highest BCUT2D eigenvalue weighted by Crippen LogP contribution is 2.48. The van der Waals surface area contributed by atoms with Crippen molar-refractivity contribution in [3.63, 3.8) is 0 Å². The van der Waals surface area contributed by atoms with Gasteiger partial charge in [0.1, 0.15) is 29.5 Å². The molecule has 0 bridgehead atoms. The van der Waals surface area contributed by atoms with Gasteiger partial charge in [0.25, 0.3) is 0 Å². The van der Waals surface area contributed by atoms with E-state index in [0.29, 0.717) is 30.5 Å². The van der Waals surface area contributed by atoms with E-state index in [4.69, 9.17) is 0 Å². The minimum absolute atomic E-state index is 0.0000350. The second-order valence-corrected chi connectivity index (χ2v) is 6.72. The molecule has 2 aromatic rings. The molecule has 2 N–H and O–H groups in total. The van der Waals surface area contributed by atoms with Crippen molar-refractivity contribution < 1.29 is 8.28 Å². The molecular formula is C14H16F2N6S. The first-order chi connectivity index (χ1) is 11.1. The van der Waals surface area contributed by atoms with Crippen LogP contribution in [-0.2, 0) is 0 Å². The lowest BCUT2D eigenvalue weighted by Crippen LogP contribution is -2.60. The van der Waals surface area contributed by atoms with E-state index in [1.165, 1.54) is 0 Å². The summed E-state index contributed by atoms with van der Waals surface area (Å²) >= 11 is -0.0274. The van der Waals surface area contributed by atoms with Gasteiger partial charge in [-0.05, 0) is 25.7 Å². The van der Waals surface area contributed by atoms with Gasteiger partial charge in [0.2, 0.25) is 5.16 Å². The molecule has 0 radical (unpaired) electrons. The molecule has 122 valence electrons. The van der Waals surface area contributed by atoms with Crippen LogP contribution in [-0.4, -0.2) is 38.9 Å². The molecule has 2 aromatic heterocycles. The average molecular weight is 338 g/mol. The van der Waals surface area contributed by atoms with E-state index in [1.807, 2.05) is 17.9 Å². The Morgan fingerprint density at radius 1 is 1.30 bits per heavy atom. The number of rotatable bonds is 5. The summed E-state index contributed by atoms with van der Waals surface area (Å²) in [7, 11) is 0. The maximum Gasteiger partial charge on any atom is 0.224 e. The van der Waals surface area contributed by atoms with E-state index >= 15 is 0 Å². The van der Waals surface area contributed by atoms with E-state index in [9.17, 15) is 8.28 Å². The summed E-state index contributed by atoms with van der Waals surface area (Å²) in [4.78, 5) is 10.0. The zero-order valence-electron chi connectivity index (χ0n) is 12.5. The normalized spacial score (nSPS) is 19.5. The second-order valence-electron chi connectivity index (χ2n) is 6.20. The molecule has 0 spiro atoms. The first kappa shape index (κ1) is 14.7. The number of H-pyrrole nitrogens is 1. The largest absolute Gasteiger partial charge is 0.350 e. The number of nitrogens with zero attached hydrogens (tertiary/aromatic N) is 4. The van der Waals surface area contributed by atoms with E-state index in [0.717, 1.165) is 18.5 Å². The van der Waals surface area contributed by atoms with Crippen molar-refractivity contribution in [2.45, 2.75) is 30.6 Å². The summed E-state index contributed by atoms with van der Waals surface area (Å²) in [5.41, 5.74) is -0.211. The van der Waals surface area contributed by atoms with Gasteiger partial charge in [-0.1, -0.05) is 0 Å². The molecule has 6 nitrogen and oxygen atoms in total. The zero-order valence-corrected chi connectivity index (χ0v) is 13.3. The van der Waals surface area contributed by atoms with Crippen molar-refractivity contribution in [1.29, 1.82) is 0 Å². The number of nitrogens with one attached hydrogen (secondary N) is 2. The minimum Gasteiger partial charge on any atom is -0.350 e. The second kappa shape index (κ2) is 5.33. The number of aromatic amines is 1. The van der Waals surface area contributed by atoms with Gasteiger partial charge in [-0.2, -0.15) is 8.98 Å². The highest BCUT2D eigenvalue weighted by molar-refractivity contribution is 7.94. The van der Waals surface area contributed by atoms with Crippen molar-refractivity contribution in [2.24, 2.45) is 5.92 Å². The van der Waals surface area contributed by atoms with Crippen LogP contribution in [0, 0.1) is 12.8 Å². The molecule has 1 aliphatic heterocycles. The Morgan fingerprint density at radius 2 is 2.09 bits per heavy atom. The van der Waals surface area contributed by atoms with Gasteiger partial charge >= 0.3 is 0 Å². The minimum atomic E-state index is -1.11. The Bertz CT molecular complexity index is 726. The quantitative estimate of drug-likeness (QED) is 0.816. The topological polar surface area (TPSA) is 69.7 Å². The predicted octanol–water partition coefficient (Wildman–Crippen LogP) is 3.17. The van der Waals surface area contributed by atoms with Gasteiger partial charge in [-0.3, -0.25) is 5.10 Å². The Hall–Kier alpha value is -1.90. The molecule has 1 saturated heterocycles. The van der Waals surface area contributed by atoms with Gasteiger partial charge in [-0.25, -0.2) is 14.4 Å². The maximum atomic E-state index is 14.5. The van der Waals surface area contributed by atoms with Gasteiger partial charge < -0.3 is 10.2 Å². The van der Waals surface area contributed by atoms with Crippen molar-refractivity contribution in [1.82, 2.24) is 20.2 Å². The lowest BCUT2D eigenvalue weighted by Gasteiger charge is -2.45. The molecule has 23 heavy (non-hydrogen) atoms. The molecular weight excluding hydrogens is 322 g/mol. The first-order valence-electron chi connectivity index (χ1n) is 7.46. The van der Waals surface area contributed by atoms with Gasteiger partial charge in [0, 0.05) is 17.8 Å². The van der Waals surface area contributed by atoms with Crippen LogP contribution >= 0.6 is 12.1 Å². The van der Waals surface area contributed by atoms with Crippen LogP contribution in [0.5, 0.6) is 0 Å². The third-order valence-electron chi connectivity index (χ3n) is 4.26. The fourth-order valence-corrected chi connectivity index (χ4v) is 3.16. The standard InChI is InChI=1S/C14H16F2N6S/c1-8-4-11(21-20-8)17-10-5-12(19-13(18-10)23-16)22-6-14(15,7-22)9-2-3-9/h4-5,9H,2-3,6-7H2,1H3,(H2,17,18,19,20,21). The molecule has 1 aliphatic carbocycles. The lowest BCUT2D eigenvalue weighted by atomic mass is 9.91. The number of alkyl halides is 1. The van der Waals surface area contributed by atoms with Crippen LogP contribution < -0.4 is 10.2 Å². The maximum absolute atomic E-state index is 14.5. The molecule has 9 heteroatoms. The van der Waals surface area contributed by atoms with Gasteiger partial charge in [-0.15, -0.1) is 0 Å². The number of aromatic nitrogens is 4. The van der Waals surface area contributed by atoms with Gasteiger partial charge in [0.05, 0.1) is 13.1 Å². The SMILES string of the molecule is Cc1cc(Nc2cc(N3CC(F)(C4CC4)C3)nc(SF)n2)n[nH]1. The fourth-order valence-electron chi connectivity index (χ4n) is 2.90. The monoisotopic (exact) mass is 338 g/mol. The Labute approximate surface area is 136 Å². The van der Waals surface area contributed by atoms with Crippen LogP contribution in [0.3, 0.4) is 0 Å². The smallest absolute Gasteiger partial charge is 0.224 e. The predicted molar refractivity (Wildman–Crippen MR) is 84.4 cm³/mol. The average Bonchev–Trinajstić information content (AvgIpc) is 3.28. The Kier molecular flexibility index (Phi) is 3.40. The summed E-state index contributed by atoms with van der Waals surface area (Å²) in [6.07, 6.45) is 1.93. The molecule has 0 unspecified atom stereocenters. The van der Waals surface area contributed by atoms with E-state index in [-0.39, 0.29) is 23.2 Å². The van der Waals surface area contributed by atoms with Crippen LogP contribution in [0.1, 0.15) is 18.5 Å². The summed E-state index contributed by atoms with van der Waals surface area (Å²) in [6, 6.07) is 3.50. The lowest BCUT2D eigenvalue weighted by molar-refractivity contribution is 0.0924. The van der Waals surface area contributed by atoms with Crippen LogP contribution in [0.2, 0.25) is 0 Å². The Balaban J connectivity index is 1.54. The highest BCUT2D eigenvalue weighted by atomic mass is 32.2. The molecule has 4 rings (SSSR count). The number of hydrogen-bond acceptors (Lipinski definition) is 6. The summed E-state index contributed by atoms with van der Waals surface area (Å²) in [5, 5.41) is 9.88. The molecule has 3 heterocycles. The van der Waals surface area contributed by atoms with Crippen molar-refractivity contribution in [3.05, 3.63) is 17.8 Å². The molecule has 2 fully saturated rings. The van der Waals surface area contributed by atoms with E-state index in [1.54, 1.807) is 6.07 Å². The van der Waals surface area contributed by atoms with Crippen LogP contribution in [0.25, 0.3) is 0 Å². The zero-order chi connectivity index (χ0) is 16.0. The van der Waals surface area contributed by atoms with E-state index < -0.39 is 5.67 Å². The van der Waals surface area contributed by atoms with E-state index in [2.05, 4.69) is 25.5 Å². The third kappa shape index (κ3) is 2.85. The fraction of sp³-hybridized carbons (Fsp3) is 0.500. The van der Waals surface area contributed by atoms with Crippen LogP contribution in [0.4, 0.5) is 25.7 Å². The number of hydrogen-bond donors (Lipinski definition) is 2. The summed E-state index contributed by atoms with van der Waals surface area (Å²) in [5.74, 6) is 1.73. The van der Waals surface area contributed by atoms with Crippen molar-refractivity contribution >= 4 is 29.6 Å². The van der Waals surface area contributed by atoms with Crippen molar-refractivity contribution in [3.8, 4) is 0 Å². The summed E-state index contributed by atoms with van der Waals surface area (Å²) < 4.78 is 27.4. The van der Waals surface area contributed by atoms with Gasteiger partial charge in [0.15, 0.2) is 5.82 Å².